The fourth-order valence-electron chi connectivity index (χ4n) is 1.74. The molecule has 2 heterocycles. The Morgan fingerprint density at radius 1 is 1.11 bits per heavy atom. The Labute approximate surface area is 101 Å². The first kappa shape index (κ1) is 12.6. The van der Waals surface area contributed by atoms with Crippen LogP contribution in [0.2, 0.25) is 0 Å². The Morgan fingerprint density at radius 2 is 1.67 bits per heavy atom. The Hall–Kier alpha value is -1.86. The highest BCUT2D eigenvalue weighted by molar-refractivity contribution is 5.82. The van der Waals surface area contributed by atoms with Gasteiger partial charge in [-0.1, -0.05) is 0 Å². The number of aromatic nitrogens is 2. The van der Waals surface area contributed by atoms with Gasteiger partial charge in [0, 0.05) is 38.6 Å². The summed E-state index contributed by atoms with van der Waals surface area (Å²) >= 11 is 0. The molecule has 8 heteroatoms. The van der Waals surface area contributed by atoms with Crippen molar-refractivity contribution in [3.63, 3.8) is 0 Å². The smallest absolute Gasteiger partial charge is 0.337 e. The van der Waals surface area contributed by atoms with Gasteiger partial charge in [0.15, 0.2) is 0 Å². The summed E-state index contributed by atoms with van der Waals surface area (Å²) in [6.45, 7) is 0.644. The van der Waals surface area contributed by atoms with Crippen LogP contribution in [0.5, 0.6) is 0 Å². The molecule has 1 saturated heterocycles. The number of hydrogen-bond acceptors (Lipinski definition) is 4. The molecule has 2 rings (SSSR count). The molecule has 0 unspecified atom stereocenters. The predicted octanol–water partition coefficient (Wildman–Crippen LogP) is 0.687. The molecule has 1 aromatic heterocycles. The van der Waals surface area contributed by atoms with Crippen molar-refractivity contribution in [2.45, 2.75) is 6.18 Å². The highest BCUT2D eigenvalue weighted by Gasteiger charge is 2.43. The van der Waals surface area contributed by atoms with Crippen molar-refractivity contribution in [2.75, 3.05) is 31.1 Å². The van der Waals surface area contributed by atoms with Crippen LogP contribution in [0, 0.1) is 0 Å². The van der Waals surface area contributed by atoms with Gasteiger partial charge in [0.2, 0.25) is 5.95 Å². The monoisotopic (exact) mass is 260 g/mol. The third-order valence-corrected chi connectivity index (χ3v) is 2.64. The fourth-order valence-corrected chi connectivity index (χ4v) is 1.74. The molecule has 1 amide bonds. The maximum absolute atomic E-state index is 12.2. The highest BCUT2D eigenvalue weighted by atomic mass is 19.4. The zero-order valence-corrected chi connectivity index (χ0v) is 9.39. The van der Waals surface area contributed by atoms with Gasteiger partial charge in [-0.25, -0.2) is 9.97 Å². The van der Waals surface area contributed by atoms with Crippen LogP contribution in [-0.2, 0) is 4.79 Å². The van der Waals surface area contributed by atoms with Gasteiger partial charge in [-0.15, -0.1) is 0 Å². The molecule has 98 valence electrons. The maximum atomic E-state index is 12.2. The number of anilines is 1. The minimum absolute atomic E-state index is 0.0244. The molecule has 0 saturated carbocycles. The molecule has 1 aromatic rings. The van der Waals surface area contributed by atoms with Crippen LogP contribution in [0.25, 0.3) is 0 Å². The first-order chi connectivity index (χ1) is 8.48. The van der Waals surface area contributed by atoms with Crippen molar-refractivity contribution in [3.8, 4) is 0 Å². The number of halogens is 3. The van der Waals surface area contributed by atoms with E-state index in [1.54, 1.807) is 23.4 Å². The summed E-state index contributed by atoms with van der Waals surface area (Å²) < 4.78 is 36.7. The van der Waals surface area contributed by atoms with E-state index in [1.165, 1.54) is 0 Å². The molecule has 0 bridgehead atoms. The van der Waals surface area contributed by atoms with E-state index >= 15 is 0 Å². The third kappa shape index (κ3) is 2.69. The second-order valence-corrected chi connectivity index (χ2v) is 3.83. The quantitative estimate of drug-likeness (QED) is 0.745. The maximum Gasteiger partial charge on any atom is 0.471 e. The number of piperazine rings is 1. The number of amides is 1. The lowest BCUT2D eigenvalue weighted by atomic mass is 10.3. The van der Waals surface area contributed by atoms with E-state index in [1.807, 2.05) is 0 Å². The lowest BCUT2D eigenvalue weighted by Crippen LogP contribution is -2.52. The summed E-state index contributed by atoms with van der Waals surface area (Å²) in [5, 5.41) is 0. The Bertz CT molecular complexity index is 415. The summed E-state index contributed by atoms with van der Waals surface area (Å²) in [7, 11) is 0. The van der Waals surface area contributed by atoms with Crippen LogP contribution in [0.3, 0.4) is 0 Å². The number of alkyl halides is 3. The number of nitrogens with zero attached hydrogens (tertiary/aromatic N) is 4. The molecule has 0 aliphatic carbocycles. The minimum atomic E-state index is -4.80. The third-order valence-electron chi connectivity index (χ3n) is 2.64. The van der Waals surface area contributed by atoms with Crippen LogP contribution in [0.4, 0.5) is 19.1 Å². The molecule has 0 N–H and O–H groups in total. The zero-order valence-electron chi connectivity index (χ0n) is 9.39. The topological polar surface area (TPSA) is 49.3 Å². The summed E-state index contributed by atoms with van der Waals surface area (Å²) in [5.41, 5.74) is 0. The first-order valence-corrected chi connectivity index (χ1v) is 5.36. The molecule has 1 aliphatic heterocycles. The van der Waals surface area contributed by atoms with Crippen molar-refractivity contribution >= 4 is 11.9 Å². The van der Waals surface area contributed by atoms with Crippen molar-refractivity contribution in [1.29, 1.82) is 0 Å². The van der Waals surface area contributed by atoms with Gasteiger partial charge in [0.1, 0.15) is 0 Å². The van der Waals surface area contributed by atoms with E-state index in [0.29, 0.717) is 19.0 Å². The largest absolute Gasteiger partial charge is 0.471 e. The van der Waals surface area contributed by atoms with E-state index in [0.717, 1.165) is 4.90 Å². The normalized spacial score (nSPS) is 16.8. The number of carbonyl (C=O) groups excluding carboxylic acids is 1. The second kappa shape index (κ2) is 4.79. The summed E-state index contributed by atoms with van der Waals surface area (Å²) in [5.74, 6) is -1.31. The van der Waals surface area contributed by atoms with Crippen molar-refractivity contribution in [1.82, 2.24) is 14.9 Å². The van der Waals surface area contributed by atoms with Crippen LogP contribution in [0.1, 0.15) is 0 Å². The van der Waals surface area contributed by atoms with Gasteiger partial charge < -0.3 is 9.80 Å². The van der Waals surface area contributed by atoms with Crippen molar-refractivity contribution in [3.05, 3.63) is 18.5 Å². The average Bonchev–Trinajstić information content (AvgIpc) is 2.38. The van der Waals surface area contributed by atoms with Crippen LogP contribution in [-0.4, -0.2) is 53.1 Å². The number of hydrogen-bond donors (Lipinski definition) is 0. The second-order valence-electron chi connectivity index (χ2n) is 3.83. The highest BCUT2D eigenvalue weighted by Crippen LogP contribution is 2.20. The van der Waals surface area contributed by atoms with Gasteiger partial charge in [-0.05, 0) is 6.07 Å². The van der Waals surface area contributed by atoms with Gasteiger partial charge in [-0.2, -0.15) is 13.2 Å². The molecule has 1 aliphatic rings. The lowest BCUT2D eigenvalue weighted by molar-refractivity contribution is -0.185. The van der Waals surface area contributed by atoms with E-state index < -0.39 is 12.1 Å². The number of carbonyl (C=O) groups is 1. The van der Waals surface area contributed by atoms with Gasteiger partial charge in [0.25, 0.3) is 0 Å². The van der Waals surface area contributed by atoms with Gasteiger partial charge >= 0.3 is 12.1 Å². The summed E-state index contributed by atoms with van der Waals surface area (Å²) in [6.07, 6.45) is -1.67. The molecular formula is C10H11F3N4O. The molecule has 5 nitrogen and oxygen atoms in total. The SMILES string of the molecule is O=C(N1CCN(c2ncccn2)CC1)C(F)(F)F. The standard InChI is InChI=1S/C10H11F3N4O/c11-10(12,13)8(18)16-4-6-17(7-5-16)9-14-2-1-3-15-9/h1-3H,4-7H2. The Kier molecular flexibility index (Phi) is 3.35. The van der Waals surface area contributed by atoms with Gasteiger partial charge in [-0.3, -0.25) is 4.79 Å². The lowest BCUT2D eigenvalue weighted by Gasteiger charge is -2.34. The van der Waals surface area contributed by atoms with Crippen molar-refractivity contribution in [2.24, 2.45) is 0 Å². The van der Waals surface area contributed by atoms with Gasteiger partial charge in [0.05, 0.1) is 0 Å². The zero-order chi connectivity index (χ0) is 13.2. The minimum Gasteiger partial charge on any atom is -0.337 e. The van der Waals surface area contributed by atoms with E-state index in [9.17, 15) is 18.0 Å². The molecule has 0 atom stereocenters. The van der Waals surface area contributed by atoms with Crippen LogP contribution < -0.4 is 4.90 Å². The first-order valence-electron chi connectivity index (χ1n) is 5.36. The van der Waals surface area contributed by atoms with E-state index in [4.69, 9.17) is 0 Å². The summed E-state index contributed by atoms with van der Waals surface area (Å²) in [6, 6.07) is 1.66. The van der Waals surface area contributed by atoms with Crippen molar-refractivity contribution < 1.29 is 18.0 Å². The number of rotatable bonds is 1. The van der Waals surface area contributed by atoms with Crippen LogP contribution in [0.15, 0.2) is 18.5 Å². The fraction of sp³-hybridized carbons (Fsp3) is 0.500. The molecule has 1 fully saturated rings. The predicted molar refractivity (Wildman–Crippen MR) is 56.9 cm³/mol. The Balaban J connectivity index is 1.95. The van der Waals surface area contributed by atoms with E-state index in [-0.39, 0.29) is 13.1 Å². The van der Waals surface area contributed by atoms with Crippen LogP contribution >= 0.6 is 0 Å². The molecule has 0 aromatic carbocycles. The molecule has 18 heavy (non-hydrogen) atoms. The molecule has 0 spiro atoms. The Morgan fingerprint density at radius 3 is 2.17 bits per heavy atom. The molecular weight excluding hydrogens is 249 g/mol. The molecule has 0 radical (unpaired) electrons. The van der Waals surface area contributed by atoms with E-state index in [2.05, 4.69) is 9.97 Å². The average molecular weight is 260 g/mol. The summed E-state index contributed by atoms with van der Waals surface area (Å²) in [4.78, 5) is 21.6.